The van der Waals surface area contributed by atoms with E-state index in [9.17, 15) is 14.4 Å². The molecule has 9 nitrogen and oxygen atoms in total. The maximum atomic E-state index is 12.5. The molecule has 3 aromatic rings. The molecule has 0 aliphatic heterocycles. The molecule has 3 rings (SSSR count). The highest BCUT2D eigenvalue weighted by molar-refractivity contribution is 6.03. The van der Waals surface area contributed by atoms with Gasteiger partial charge in [-0.2, -0.15) is 5.10 Å². The summed E-state index contributed by atoms with van der Waals surface area (Å²) >= 11 is 0. The highest BCUT2D eigenvalue weighted by Gasteiger charge is 2.23. The second-order valence-corrected chi connectivity index (χ2v) is 6.20. The predicted octanol–water partition coefficient (Wildman–Crippen LogP) is 2.43. The van der Waals surface area contributed by atoms with Gasteiger partial charge in [-0.3, -0.25) is 4.79 Å². The summed E-state index contributed by atoms with van der Waals surface area (Å²) in [6.07, 6.45) is 4.70. The summed E-state index contributed by atoms with van der Waals surface area (Å²) in [5.41, 5.74) is 1.73. The standard InChI is InChI=1S/C20H20N4O5/c1-4-28-20(27)17-12(2)18(23-13(17)3)15(25)11-29-19(26)14-6-7-16(21-10-14)24-9-5-8-22-24/h5-10,23H,4,11H2,1-3H3. The molecule has 9 heteroatoms. The molecule has 0 radical (unpaired) electrons. The molecule has 3 aromatic heterocycles. The number of carbonyl (C=O) groups excluding carboxylic acids is 3. The number of hydrogen-bond acceptors (Lipinski definition) is 7. The maximum Gasteiger partial charge on any atom is 0.340 e. The highest BCUT2D eigenvalue weighted by atomic mass is 16.5. The first kappa shape index (κ1) is 20.0. The fraction of sp³-hybridized carbons (Fsp3) is 0.250. The van der Waals surface area contributed by atoms with Gasteiger partial charge in [-0.25, -0.2) is 19.3 Å². The van der Waals surface area contributed by atoms with Gasteiger partial charge in [-0.1, -0.05) is 0 Å². The Morgan fingerprint density at radius 3 is 2.55 bits per heavy atom. The zero-order valence-corrected chi connectivity index (χ0v) is 16.3. The number of Topliss-reactive ketones (excluding diaryl/α,β-unsaturated/α-hetero) is 1. The maximum absolute atomic E-state index is 12.5. The van der Waals surface area contributed by atoms with E-state index in [0.29, 0.717) is 22.6 Å². The molecule has 150 valence electrons. The van der Waals surface area contributed by atoms with Crippen molar-refractivity contribution in [3.63, 3.8) is 0 Å². The third kappa shape index (κ3) is 4.23. The van der Waals surface area contributed by atoms with E-state index in [1.807, 2.05) is 0 Å². The first-order valence-corrected chi connectivity index (χ1v) is 8.95. The highest BCUT2D eigenvalue weighted by Crippen LogP contribution is 2.19. The molecule has 0 fully saturated rings. The van der Waals surface area contributed by atoms with Gasteiger partial charge in [0.15, 0.2) is 12.4 Å². The van der Waals surface area contributed by atoms with Gasteiger partial charge in [0.25, 0.3) is 0 Å². The van der Waals surface area contributed by atoms with Gasteiger partial charge in [0.2, 0.25) is 5.78 Å². The fourth-order valence-corrected chi connectivity index (χ4v) is 2.87. The second kappa shape index (κ2) is 8.51. The summed E-state index contributed by atoms with van der Waals surface area (Å²) in [6, 6.07) is 4.92. The van der Waals surface area contributed by atoms with Crippen LogP contribution >= 0.6 is 0 Å². The van der Waals surface area contributed by atoms with E-state index in [0.717, 1.165) is 0 Å². The van der Waals surface area contributed by atoms with Crippen molar-refractivity contribution in [3.05, 3.63) is 64.9 Å². The number of pyridine rings is 1. The van der Waals surface area contributed by atoms with Gasteiger partial charge in [-0.15, -0.1) is 0 Å². The largest absolute Gasteiger partial charge is 0.462 e. The van der Waals surface area contributed by atoms with Crippen molar-refractivity contribution in [2.45, 2.75) is 20.8 Å². The molecule has 0 unspecified atom stereocenters. The molecular weight excluding hydrogens is 376 g/mol. The number of carbonyl (C=O) groups is 3. The molecular formula is C20H20N4O5. The van der Waals surface area contributed by atoms with Gasteiger partial charge >= 0.3 is 11.9 Å². The quantitative estimate of drug-likeness (QED) is 0.481. The van der Waals surface area contributed by atoms with Crippen molar-refractivity contribution in [2.75, 3.05) is 13.2 Å². The lowest BCUT2D eigenvalue weighted by atomic mass is 10.1. The van der Waals surface area contributed by atoms with Crippen LogP contribution in [0.5, 0.6) is 0 Å². The van der Waals surface area contributed by atoms with Crippen LogP contribution in [0.3, 0.4) is 0 Å². The van der Waals surface area contributed by atoms with Gasteiger partial charge in [0.1, 0.15) is 0 Å². The molecule has 0 amide bonds. The summed E-state index contributed by atoms with van der Waals surface area (Å²) < 4.78 is 11.7. The normalized spacial score (nSPS) is 10.6. The van der Waals surface area contributed by atoms with Crippen molar-refractivity contribution in [1.82, 2.24) is 19.7 Å². The van der Waals surface area contributed by atoms with Crippen molar-refractivity contribution in [1.29, 1.82) is 0 Å². The van der Waals surface area contributed by atoms with Crippen LogP contribution in [0.25, 0.3) is 5.82 Å². The number of ketones is 1. The van der Waals surface area contributed by atoms with Crippen LogP contribution in [0.4, 0.5) is 0 Å². The van der Waals surface area contributed by atoms with E-state index in [1.165, 1.54) is 6.20 Å². The van der Waals surface area contributed by atoms with E-state index in [1.54, 1.807) is 56.0 Å². The number of nitrogens with zero attached hydrogens (tertiary/aromatic N) is 3. The third-order valence-electron chi connectivity index (χ3n) is 4.25. The minimum atomic E-state index is -0.676. The minimum Gasteiger partial charge on any atom is -0.462 e. The first-order chi connectivity index (χ1) is 13.9. The van der Waals surface area contributed by atoms with Gasteiger partial charge < -0.3 is 14.5 Å². The zero-order valence-electron chi connectivity index (χ0n) is 16.3. The number of ether oxygens (including phenoxy) is 2. The van der Waals surface area contributed by atoms with E-state index >= 15 is 0 Å². The van der Waals surface area contributed by atoms with Crippen molar-refractivity contribution < 1.29 is 23.9 Å². The SMILES string of the molecule is CCOC(=O)c1c(C)[nH]c(C(=O)COC(=O)c2ccc(-n3cccn3)nc2)c1C. The molecule has 1 N–H and O–H groups in total. The Morgan fingerprint density at radius 2 is 1.93 bits per heavy atom. The number of hydrogen-bond donors (Lipinski definition) is 1. The van der Waals surface area contributed by atoms with Crippen LogP contribution < -0.4 is 0 Å². The Labute approximate surface area is 166 Å². The van der Waals surface area contributed by atoms with Crippen LogP contribution in [0.2, 0.25) is 0 Å². The Morgan fingerprint density at radius 1 is 1.14 bits per heavy atom. The summed E-state index contributed by atoms with van der Waals surface area (Å²) in [5.74, 6) is -1.08. The lowest BCUT2D eigenvalue weighted by Gasteiger charge is -2.06. The van der Waals surface area contributed by atoms with Gasteiger partial charge in [0.05, 0.1) is 23.4 Å². The monoisotopic (exact) mass is 396 g/mol. The molecule has 0 aromatic carbocycles. The van der Waals surface area contributed by atoms with E-state index < -0.39 is 24.3 Å². The Kier molecular flexibility index (Phi) is 5.87. The van der Waals surface area contributed by atoms with E-state index in [-0.39, 0.29) is 17.9 Å². The summed E-state index contributed by atoms with van der Waals surface area (Å²) in [6.45, 7) is 4.79. The third-order valence-corrected chi connectivity index (χ3v) is 4.25. The summed E-state index contributed by atoms with van der Waals surface area (Å²) in [5, 5.41) is 4.05. The zero-order chi connectivity index (χ0) is 21.0. The molecule has 0 spiro atoms. The van der Waals surface area contributed by atoms with Crippen molar-refractivity contribution >= 4 is 17.7 Å². The second-order valence-electron chi connectivity index (χ2n) is 6.20. The van der Waals surface area contributed by atoms with Crippen molar-refractivity contribution in [3.8, 4) is 5.82 Å². The number of H-pyrrole nitrogens is 1. The van der Waals surface area contributed by atoms with Crippen LogP contribution in [0, 0.1) is 13.8 Å². The molecule has 29 heavy (non-hydrogen) atoms. The average molecular weight is 396 g/mol. The Bertz CT molecular complexity index is 1040. The molecule has 0 aliphatic carbocycles. The van der Waals surface area contributed by atoms with Crippen molar-refractivity contribution in [2.24, 2.45) is 0 Å². The number of aromatic nitrogens is 4. The lowest BCUT2D eigenvalue weighted by Crippen LogP contribution is -2.16. The van der Waals surface area contributed by atoms with E-state index in [2.05, 4.69) is 15.1 Å². The number of aryl methyl sites for hydroxylation is 1. The van der Waals surface area contributed by atoms with Crippen LogP contribution in [0.1, 0.15) is 49.4 Å². The molecule has 3 heterocycles. The lowest BCUT2D eigenvalue weighted by molar-refractivity contribution is 0.0471. The number of nitrogens with one attached hydrogen (secondary N) is 1. The van der Waals surface area contributed by atoms with Crippen LogP contribution in [0.15, 0.2) is 36.8 Å². The minimum absolute atomic E-state index is 0.209. The Hall–Kier alpha value is -3.75. The average Bonchev–Trinajstić information content (AvgIpc) is 3.34. The predicted molar refractivity (Wildman–Crippen MR) is 102 cm³/mol. The summed E-state index contributed by atoms with van der Waals surface area (Å²) in [7, 11) is 0. The summed E-state index contributed by atoms with van der Waals surface area (Å²) in [4.78, 5) is 43.7. The van der Waals surface area contributed by atoms with E-state index in [4.69, 9.17) is 9.47 Å². The number of rotatable bonds is 7. The molecule has 0 aliphatic rings. The Balaban J connectivity index is 1.65. The fourth-order valence-electron chi connectivity index (χ4n) is 2.87. The molecule has 0 saturated heterocycles. The van der Waals surface area contributed by atoms with Crippen LogP contribution in [-0.2, 0) is 9.47 Å². The van der Waals surface area contributed by atoms with Gasteiger partial charge in [0, 0.05) is 24.3 Å². The molecule has 0 atom stereocenters. The number of esters is 2. The molecule has 0 saturated carbocycles. The first-order valence-electron chi connectivity index (χ1n) is 8.95. The topological polar surface area (TPSA) is 116 Å². The number of aromatic amines is 1. The molecule has 0 bridgehead atoms. The smallest absolute Gasteiger partial charge is 0.340 e. The van der Waals surface area contributed by atoms with Gasteiger partial charge in [-0.05, 0) is 44.5 Å². The van der Waals surface area contributed by atoms with Crippen LogP contribution in [-0.4, -0.2) is 50.7 Å².